The zero-order valence-corrected chi connectivity index (χ0v) is 18.0. The Morgan fingerprint density at radius 1 is 1.22 bits per heavy atom. The number of carboxylic acids is 1. The van der Waals surface area contributed by atoms with Gasteiger partial charge in [-0.1, -0.05) is 20.3 Å². The predicted molar refractivity (Wildman–Crippen MR) is 111 cm³/mol. The van der Waals surface area contributed by atoms with Crippen molar-refractivity contribution >= 4 is 5.97 Å². The van der Waals surface area contributed by atoms with E-state index in [4.69, 9.17) is 9.84 Å². The number of hydrogen-bond donors (Lipinski definition) is 1. The van der Waals surface area contributed by atoms with Crippen LogP contribution in [0.2, 0.25) is 0 Å². The van der Waals surface area contributed by atoms with Crippen molar-refractivity contribution in [1.82, 2.24) is 9.88 Å². The van der Waals surface area contributed by atoms with Crippen LogP contribution < -0.4 is 4.74 Å². The molecule has 0 spiro atoms. The Kier molecular flexibility index (Phi) is 7.07. The molecule has 1 aromatic heterocycles. The second kappa shape index (κ2) is 9.44. The molecule has 2 heterocycles. The van der Waals surface area contributed by atoms with Crippen LogP contribution in [0.3, 0.4) is 0 Å². The van der Waals surface area contributed by atoms with E-state index in [1.165, 1.54) is 32.2 Å². The molecule has 1 unspecified atom stereocenters. The maximum absolute atomic E-state index is 14.2. The molecule has 1 aromatic carbocycles. The molecule has 0 amide bonds. The van der Waals surface area contributed by atoms with Crippen molar-refractivity contribution in [3.8, 4) is 17.0 Å². The number of carbonyl (C=O) groups is 1. The molecular formula is C23H26F4N2O3. The first kappa shape index (κ1) is 24.0. The van der Waals surface area contributed by atoms with Gasteiger partial charge in [0.2, 0.25) is 0 Å². The van der Waals surface area contributed by atoms with E-state index in [-0.39, 0.29) is 30.3 Å². The van der Waals surface area contributed by atoms with Crippen LogP contribution in [0.1, 0.15) is 49.9 Å². The van der Waals surface area contributed by atoms with E-state index in [0.29, 0.717) is 24.4 Å². The summed E-state index contributed by atoms with van der Waals surface area (Å²) >= 11 is 0. The summed E-state index contributed by atoms with van der Waals surface area (Å²) in [5.41, 5.74) is -1.46. The summed E-state index contributed by atoms with van der Waals surface area (Å²) < 4.78 is 59.9. The average Bonchev–Trinajstić information content (AvgIpc) is 2.72. The van der Waals surface area contributed by atoms with Crippen LogP contribution in [-0.2, 0) is 0 Å². The minimum absolute atomic E-state index is 0.00264. The molecular weight excluding hydrogens is 428 g/mol. The van der Waals surface area contributed by atoms with Crippen molar-refractivity contribution in [2.45, 2.75) is 51.7 Å². The van der Waals surface area contributed by atoms with Crippen LogP contribution in [0.5, 0.6) is 5.75 Å². The summed E-state index contributed by atoms with van der Waals surface area (Å²) in [6, 6.07) is 6.51. The van der Waals surface area contributed by atoms with Crippen molar-refractivity contribution in [3.63, 3.8) is 0 Å². The molecule has 1 fully saturated rings. The number of halogens is 4. The van der Waals surface area contributed by atoms with E-state index in [0.717, 1.165) is 18.9 Å². The van der Waals surface area contributed by atoms with Gasteiger partial charge in [-0.25, -0.2) is 9.18 Å². The third kappa shape index (κ3) is 5.56. The highest BCUT2D eigenvalue weighted by molar-refractivity contribution is 5.88. The van der Waals surface area contributed by atoms with Crippen LogP contribution >= 0.6 is 0 Å². The number of ether oxygens (including phenoxy) is 1. The molecule has 1 N–H and O–H groups in total. The van der Waals surface area contributed by atoms with Crippen molar-refractivity contribution in [2.75, 3.05) is 13.3 Å². The SMILES string of the molecule is CC(C)(CC1CCCCN1COc1ccc(-c2ccc(C(=O)O)cc2F)nc1)C(F)(F)F. The van der Waals surface area contributed by atoms with Gasteiger partial charge in [0.15, 0.2) is 0 Å². The lowest BCUT2D eigenvalue weighted by atomic mass is 9.82. The van der Waals surface area contributed by atoms with Crippen molar-refractivity contribution in [2.24, 2.45) is 5.41 Å². The number of piperidine rings is 1. The topological polar surface area (TPSA) is 62.7 Å². The second-order valence-electron chi connectivity index (χ2n) is 8.70. The zero-order valence-electron chi connectivity index (χ0n) is 18.0. The van der Waals surface area contributed by atoms with Gasteiger partial charge in [-0.2, -0.15) is 13.2 Å². The number of pyridine rings is 1. The summed E-state index contributed by atoms with van der Waals surface area (Å²) in [5, 5.41) is 8.94. The van der Waals surface area contributed by atoms with Gasteiger partial charge in [-0.3, -0.25) is 9.88 Å². The molecule has 174 valence electrons. The minimum atomic E-state index is -4.27. The molecule has 3 rings (SSSR count). The van der Waals surface area contributed by atoms with E-state index in [1.54, 1.807) is 12.1 Å². The van der Waals surface area contributed by atoms with Crippen molar-refractivity contribution < 1.29 is 32.2 Å². The highest BCUT2D eigenvalue weighted by atomic mass is 19.4. The number of nitrogens with zero attached hydrogens (tertiary/aromatic N) is 2. The van der Waals surface area contributed by atoms with Crippen LogP contribution in [0, 0.1) is 11.2 Å². The Bertz CT molecular complexity index is 945. The fourth-order valence-corrected chi connectivity index (χ4v) is 3.80. The molecule has 5 nitrogen and oxygen atoms in total. The molecule has 9 heteroatoms. The number of rotatable bonds is 7. The average molecular weight is 454 g/mol. The maximum Gasteiger partial charge on any atom is 0.394 e. The molecule has 32 heavy (non-hydrogen) atoms. The van der Waals surface area contributed by atoms with E-state index in [9.17, 15) is 22.4 Å². The quantitative estimate of drug-likeness (QED) is 0.540. The number of benzene rings is 1. The van der Waals surface area contributed by atoms with Crippen molar-refractivity contribution in [3.05, 3.63) is 47.9 Å². The van der Waals surface area contributed by atoms with E-state index < -0.39 is 23.4 Å². The normalized spacial score (nSPS) is 17.9. The maximum atomic E-state index is 14.2. The Morgan fingerprint density at radius 2 is 1.97 bits per heavy atom. The van der Waals surface area contributed by atoms with E-state index >= 15 is 0 Å². The fourth-order valence-electron chi connectivity index (χ4n) is 3.80. The first-order valence-corrected chi connectivity index (χ1v) is 10.4. The Morgan fingerprint density at radius 3 is 2.56 bits per heavy atom. The molecule has 0 bridgehead atoms. The van der Waals surface area contributed by atoms with Gasteiger partial charge in [0.1, 0.15) is 18.3 Å². The van der Waals surface area contributed by atoms with Gasteiger partial charge in [-0.15, -0.1) is 0 Å². The highest BCUT2D eigenvalue weighted by Gasteiger charge is 2.48. The fraction of sp³-hybridized carbons (Fsp3) is 0.478. The predicted octanol–water partition coefficient (Wildman–Crippen LogP) is 5.76. The van der Waals surface area contributed by atoms with Crippen LogP contribution in [0.15, 0.2) is 36.5 Å². The molecule has 1 aliphatic heterocycles. The lowest BCUT2D eigenvalue weighted by Gasteiger charge is -2.40. The summed E-state index contributed by atoms with van der Waals surface area (Å²) in [6.45, 7) is 3.25. The number of alkyl halides is 3. The third-order valence-corrected chi connectivity index (χ3v) is 5.89. The van der Waals surface area contributed by atoms with Gasteiger partial charge in [-0.05, 0) is 49.6 Å². The standard InChI is InChI=1S/C23H26F4N2O3/c1-22(2,23(25,26)27)12-16-5-3-4-10-29(16)14-32-17-7-9-20(28-13-17)18-8-6-15(21(30)31)11-19(18)24/h6-9,11,13,16H,3-5,10,12,14H2,1-2H3,(H,30,31). The monoisotopic (exact) mass is 454 g/mol. The lowest BCUT2D eigenvalue weighted by molar-refractivity contribution is -0.219. The van der Waals surface area contributed by atoms with E-state index in [1.807, 2.05) is 4.90 Å². The molecule has 2 aromatic rings. The second-order valence-corrected chi connectivity index (χ2v) is 8.70. The number of aromatic nitrogens is 1. The van der Waals surface area contributed by atoms with Gasteiger partial charge >= 0.3 is 12.1 Å². The molecule has 1 atom stereocenters. The summed E-state index contributed by atoms with van der Waals surface area (Å²) in [7, 11) is 0. The lowest BCUT2D eigenvalue weighted by Crippen LogP contribution is -2.46. The molecule has 0 saturated carbocycles. The Hall–Kier alpha value is -2.68. The molecule has 1 saturated heterocycles. The number of carboxylic acid groups (broad SMARTS) is 1. The van der Waals surface area contributed by atoms with Gasteiger partial charge in [0.05, 0.1) is 22.9 Å². The van der Waals surface area contributed by atoms with Crippen LogP contribution in [0.25, 0.3) is 11.3 Å². The number of likely N-dealkylation sites (tertiary alicyclic amines) is 1. The number of aromatic carboxylic acids is 1. The summed E-state index contributed by atoms with van der Waals surface area (Å²) in [5.74, 6) is -1.51. The van der Waals surface area contributed by atoms with Crippen LogP contribution in [-0.4, -0.2) is 46.5 Å². The van der Waals surface area contributed by atoms with Gasteiger partial charge in [0, 0.05) is 18.2 Å². The van der Waals surface area contributed by atoms with E-state index in [2.05, 4.69) is 4.98 Å². The first-order chi connectivity index (χ1) is 15.0. The van der Waals surface area contributed by atoms with Gasteiger partial charge < -0.3 is 9.84 Å². The molecule has 0 radical (unpaired) electrons. The first-order valence-electron chi connectivity index (χ1n) is 10.4. The van der Waals surface area contributed by atoms with Gasteiger partial charge in [0.25, 0.3) is 0 Å². The Labute approximate surface area is 184 Å². The smallest absolute Gasteiger partial charge is 0.394 e. The van der Waals surface area contributed by atoms with Crippen LogP contribution in [0.4, 0.5) is 17.6 Å². The number of hydrogen-bond acceptors (Lipinski definition) is 4. The third-order valence-electron chi connectivity index (χ3n) is 5.89. The summed E-state index contributed by atoms with van der Waals surface area (Å²) in [6.07, 6.45) is -0.381. The highest BCUT2D eigenvalue weighted by Crippen LogP contribution is 2.43. The Balaban J connectivity index is 1.64. The summed E-state index contributed by atoms with van der Waals surface area (Å²) in [4.78, 5) is 17.0. The van der Waals surface area contributed by atoms with Crippen molar-refractivity contribution in [1.29, 1.82) is 0 Å². The minimum Gasteiger partial charge on any atom is -0.478 e. The zero-order chi connectivity index (χ0) is 23.5. The molecule has 0 aliphatic carbocycles. The largest absolute Gasteiger partial charge is 0.478 e. The molecule has 1 aliphatic rings.